The summed E-state index contributed by atoms with van der Waals surface area (Å²) < 4.78 is 66.0. The number of rotatable bonds is 4. The average Bonchev–Trinajstić information content (AvgIpc) is 3.23. The van der Waals surface area contributed by atoms with E-state index in [0.29, 0.717) is 19.2 Å². The van der Waals surface area contributed by atoms with Crippen molar-refractivity contribution in [1.82, 2.24) is 9.29 Å². The first kappa shape index (κ1) is 22.8. The second kappa shape index (κ2) is 8.49. The van der Waals surface area contributed by atoms with Gasteiger partial charge in [-0.05, 0) is 44.2 Å². The van der Waals surface area contributed by atoms with Gasteiger partial charge in [-0.3, -0.25) is 0 Å². The van der Waals surface area contributed by atoms with Crippen LogP contribution in [0, 0.1) is 13.8 Å². The van der Waals surface area contributed by atoms with Crippen molar-refractivity contribution < 1.29 is 21.6 Å². The van der Waals surface area contributed by atoms with Crippen molar-refractivity contribution in [3.8, 4) is 11.3 Å². The smallest absolute Gasteiger partial charge is 0.345 e. The number of aromatic nitrogens is 1. The number of benzene rings is 2. The van der Waals surface area contributed by atoms with Crippen molar-refractivity contribution in [2.75, 3.05) is 31.1 Å². The van der Waals surface area contributed by atoms with E-state index in [0.717, 1.165) is 39.6 Å². The molecule has 10 heteroatoms. The average molecular weight is 482 g/mol. The first-order valence-electron chi connectivity index (χ1n) is 10.0. The van der Waals surface area contributed by atoms with E-state index in [4.69, 9.17) is 4.98 Å². The summed E-state index contributed by atoms with van der Waals surface area (Å²) in [6, 6.07) is 10.1. The molecule has 32 heavy (non-hydrogen) atoms. The van der Waals surface area contributed by atoms with Gasteiger partial charge in [0.2, 0.25) is 10.0 Å². The molecule has 4 rings (SSSR count). The lowest BCUT2D eigenvalue weighted by molar-refractivity contribution is -0.137. The maximum Gasteiger partial charge on any atom is 0.416 e. The fourth-order valence-electron chi connectivity index (χ4n) is 3.77. The highest BCUT2D eigenvalue weighted by Crippen LogP contribution is 2.32. The zero-order valence-electron chi connectivity index (χ0n) is 17.6. The Morgan fingerprint density at radius 1 is 0.969 bits per heavy atom. The Balaban J connectivity index is 1.47. The first-order chi connectivity index (χ1) is 15.0. The molecular formula is C22H22F3N3O2S2. The van der Waals surface area contributed by atoms with E-state index >= 15 is 0 Å². The molecule has 0 spiro atoms. The normalized spacial score (nSPS) is 15.8. The van der Waals surface area contributed by atoms with Crippen LogP contribution in [0.4, 0.5) is 18.3 Å². The lowest BCUT2D eigenvalue weighted by Crippen LogP contribution is -2.48. The fraction of sp³-hybridized carbons (Fsp3) is 0.318. The largest absolute Gasteiger partial charge is 0.416 e. The van der Waals surface area contributed by atoms with Crippen LogP contribution in [0.1, 0.15) is 16.7 Å². The third kappa shape index (κ3) is 4.67. The highest BCUT2D eigenvalue weighted by molar-refractivity contribution is 7.89. The molecule has 0 N–H and O–H groups in total. The number of hydrogen-bond acceptors (Lipinski definition) is 5. The van der Waals surface area contributed by atoms with Gasteiger partial charge in [-0.15, -0.1) is 11.3 Å². The van der Waals surface area contributed by atoms with E-state index in [-0.39, 0.29) is 18.0 Å². The van der Waals surface area contributed by atoms with Gasteiger partial charge in [0.25, 0.3) is 0 Å². The molecule has 2 aromatic carbocycles. The van der Waals surface area contributed by atoms with Gasteiger partial charge < -0.3 is 4.90 Å². The van der Waals surface area contributed by atoms with Gasteiger partial charge in [-0.1, -0.05) is 23.3 Å². The van der Waals surface area contributed by atoms with Crippen LogP contribution in [0.2, 0.25) is 0 Å². The minimum Gasteiger partial charge on any atom is -0.345 e. The molecule has 1 aliphatic rings. The molecule has 5 nitrogen and oxygen atoms in total. The number of aryl methyl sites for hydroxylation is 2. The van der Waals surface area contributed by atoms with Crippen LogP contribution < -0.4 is 4.90 Å². The Labute approximate surface area is 189 Å². The van der Waals surface area contributed by atoms with Crippen LogP contribution in [0.3, 0.4) is 0 Å². The number of alkyl halides is 3. The monoisotopic (exact) mass is 481 g/mol. The standard InChI is InChI=1S/C22H22F3N3O2S2/c1-15-10-16(2)12-17(11-15)20-14-31-21(26-20)27-6-8-28(9-7-27)32(29,30)19-5-3-4-18(13-19)22(23,24)25/h3-5,10-14H,6-9H2,1-2H3. The summed E-state index contributed by atoms with van der Waals surface area (Å²) in [5.74, 6) is 0. The molecule has 2 heterocycles. The molecule has 0 aliphatic carbocycles. The van der Waals surface area contributed by atoms with Crippen LogP contribution in [0.25, 0.3) is 11.3 Å². The fourth-order valence-corrected chi connectivity index (χ4v) is 6.12. The minimum atomic E-state index is -4.59. The van der Waals surface area contributed by atoms with Gasteiger partial charge in [0.1, 0.15) is 0 Å². The number of halogens is 3. The first-order valence-corrected chi connectivity index (χ1v) is 12.3. The summed E-state index contributed by atoms with van der Waals surface area (Å²) in [5, 5.41) is 2.78. The number of thiazole rings is 1. The lowest BCUT2D eigenvalue weighted by Gasteiger charge is -2.33. The van der Waals surface area contributed by atoms with Crippen molar-refractivity contribution in [3.05, 3.63) is 64.5 Å². The Kier molecular flexibility index (Phi) is 6.04. The van der Waals surface area contributed by atoms with Crippen LogP contribution in [-0.4, -0.2) is 43.9 Å². The number of sulfonamides is 1. The summed E-state index contributed by atoms with van der Waals surface area (Å²) >= 11 is 1.49. The molecule has 170 valence electrons. The van der Waals surface area contributed by atoms with E-state index in [2.05, 4.69) is 18.2 Å². The van der Waals surface area contributed by atoms with Gasteiger partial charge in [-0.25, -0.2) is 13.4 Å². The molecule has 1 fully saturated rings. The summed E-state index contributed by atoms with van der Waals surface area (Å²) in [6.07, 6.45) is -4.59. The zero-order chi connectivity index (χ0) is 23.1. The topological polar surface area (TPSA) is 53.5 Å². The summed E-state index contributed by atoms with van der Waals surface area (Å²) in [4.78, 5) is 6.39. The van der Waals surface area contributed by atoms with Gasteiger partial charge in [0.05, 0.1) is 16.2 Å². The quantitative estimate of drug-likeness (QED) is 0.529. The van der Waals surface area contributed by atoms with Crippen LogP contribution in [0.15, 0.2) is 52.7 Å². The molecule has 0 saturated carbocycles. The SMILES string of the molecule is Cc1cc(C)cc(-c2csc(N3CCN(S(=O)(=O)c4cccc(C(F)(F)F)c4)CC3)n2)c1. The Bertz CT molecular complexity index is 1210. The molecule has 1 aromatic heterocycles. The Hall–Kier alpha value is -2.43. The molecular weight excluding hydrogens is 459 g/mol. The van der Waals surface area contributed by atoms with Gasteiger partial charge in [0, 0.05) is 37.1 Å². The zero-order valence-corrected chi connectivity index (χ0v) is 19.2. The molecule has 1 aliphatic heterocycles. The predicted molar refractivity (Wildman–Crippen MR) is 119 cm³/mol. The maximum atomic E-state index is 13.0. The number of anilines is 1. The Morgan fingerprint density at radius 2 is 1.62 bits per heavy atom. The second-order valence-corrected chi connectivity index (χ2v) is 10.6. The summed E-state index contributed by atoms with van der Waals surface area (Å²) in [5.41, 5.74) is 3.25. The van der Waals surface area contributed by atoms with Crippen LogP contribution >= 0.6 is 11.3 Å². The van der Waals surface area contributed by atoms with E-state index in [1.165, 1.54) is 21.7 Å². The molecule has 0 bridgehead atoms. The van der Waals surface area contributed by atoms with Gasteiger partial charge in [-0.2, -0.15) is 17.5 Å². The second-order valence-electron chi connectivity index (χ2n) is 7.81. The number of hydrogen-bond donors (Lipinski definition) is 0. The van der Waals surface area contributed by atoms with E-state index in [1.807, 2.05) is 24.1 Å². The summed E-state index contributed by atoms with van der Waals surface area (Å²) in [7, 11) is -4.01. The summed E-state index contributed by atoms with van der Waals surface area (Å²) in [6.45, 7) is 5.26. The van der Waals surface area contributed by atoms with Crippen molar-refractivity contribution in [2.45, 2.75) is 24.9 Å². The van der Waals surface area contributed by atoms with Crippen molar-refractivity contribution in [2.24, 2.45) is 0 Å². The molecule has 1 saturated heterocycles. The lowest BCUT2D eigenvalue weighted by atomic mass is 10.1. The highest BCUT2D eigenvalue weighted by Gasteiger charge is 2.34. The predicted octanol–water partition coefficient (Wildman–Crippen LogP) is 4.96. The third-order valence-electron chi connectivity index (χ3n) is 5.32. The van der Waals surface area contributed by atoms with E-state index in [1.54, 1.807) is 0 Å². The number of nitrogens with zero attached hydrogens (tertiary/aromatic N) is 3. The molecule has 0 unspecified atom stereocenters. The van der Waals surface area contributed by atoms with Gasteiger partial charge in [0.15, 0.2) is 5.13 Å². The van der Waals surface area contributed by atoms with Gasteiger partial charge >= 0.3 is 6.18 Å². The maximum absolute atomic E-state index is 13.0. The molecule has 0 amide bonds. The van der Waals surface area contributed by atoms with Crippen molar-refractivity contribution in [3.63, 3.8) is 0 Å². The van der Waals surface area contributed by atoms with E-state index < -0.39 is 21.8 Å². The third-order valence-corrected chi connectivity index (χ3v) is 8.11. The molecule has 0 radical (unpaired) electrons. The Morgan fingerprint density at radius 3 is 2.25 bits per heavy atom. The van der Waals surface area contributed by atoms with Crippen LogP contribution in [0.5, 0.6) is 0 Å². The van der Waals surface area contributed by atoms with Crippen molar-refractivity contribution >= 4 is 26.5 Å². The molecule has 0 atom stereocenters. The highest BCUT2D eigenvalue weighted by atomic mass is 32.2. The number of piperazine rings is 1. The van der Waals surface area contributed by atoms with E-state index in [9.17, 15) is 21.6 Å². The van der Waals surface area contributed by atoms with Crippen LogP contribution in [-0.2, 0) is 16.2 Å². The minimum absolute atomic E-state index is 0.178. The van der Waals surface area contributed by atoms with Crippen molar-refractivity contribution in [1.29, 1.82) is 0 Å². The molecule has 3 aromatic rings.